The van der Waals surface area contributed by atoms with Gasteiger partial charge in [0.15, 0.2) is 23.1 Å². The van der Waals surface area contributed by atoms with Crippen molar-refractivity contribution in [1.82, 2.24) is 4.90 Å². The maximum atomic E-state index is 12.9. The van der Waals surface area contributed by atoms with Gasteiger partial charge in [0.2, 0.25) is 0 Å². The fourth-order valence-electron chi connectivity index (χ4n) is 4.52. The highest BCUT2D eigenvalue weighted by atomic mass is 32.2. The lowest BCUT2D eigenvalue weighted by Crippen LogP contribution is -2.48. The summed E-state index contributed by atoms with van der Waals surface area (Å²) in [5.74, 6) is 0.0577. The van der Waals surface area contributed by atoms with Crippen LogP contribution in [0.5, 0.6) is 5.75 Å². The van der Waals surface area contributed by atoms with Gasteiger partial charge in [0.1, 0.15) is 5.75 Å². The molecule has 0 N–H and O–H groups in total. The van der Waals surface area contributed by atoms with E-state index >= 15 is 0 Å². The Hall–Kier alpha value is -2.09. The number of ether oxygens (including phenoxy) is 2. The molecule has 0 aromatic heterocycles. The Kier molecular flexibility index (Phi) is 7.62. The first-order valence-electron chi connectivity index (χ1n) is 11.1. The van der Waals surface area contributed by atoms with Crippen molar-refractivity contribution in [2.24, 2.45) is 0 Å². The van der Waals surface area contributed by atoms with Crippen molar-refractivity contribution in [2.45, 2.75) is 70.9 Å². The number of sulfone groups is 1. The van der Waals surface area contributed by atoms with E-state index in [-0.39, 0.29) is 48.6 Å². The molecule has 7 nitrogen and oxygen atoms in total. The van der Waals surface area contributed by atoms with Crippen LogP contribution in [0.15, 0.2) is 18.2 Å². The molecule has 0 bridgehead atoms. The summed E-state index contributed by atoms with van der Waals surface area (Å²) in [5.41, 5.74) is 2.03. The second-order valence-electron chi connectivity index (χ2n) is 8.94. The highest BCUT2D eigenvalue weighted by Gasteiger charge is 2.39. The molecule has 1 aromatic carbocycles. The Morgan fingerprint density at radius 2 is 1.81 bits per heavy atom. The average molecular weight is 452 g/mol. The molecular weight excluding hydrogens is 418 g/mol. The van der Waals surface area contributed by atoms with E-state index in [2.05, 4.69) is 13.8 Å². The number of hydrogen-bond donors (Lipinski definition) is 0. The van der Waals surface area contributed by atoms with Crippen LogP contribution in [0.2, 0.25) is 0 Å². The molecule has 2 fully saturated rings. The van der Waals surface area contributed by atoms with Gasteiger partial charge in [-0.3, -0.25) is 4.79 Å². The number of rotatable bonds is 8. The minimum Gasteiger partial charge on any atom is -0.482 e. The van der Waals surface area contributed by atoms with Gasteiger partial charge >= 0.3 is 5.97 Å². The molecule has 1 amide bonds. The number of aryl methyl sites for hydroxylation is 1. The van der Waals surface area contributed by atoms with Crippen molar-refractivity contribution in [3.05, 3.63) is 29.3 Å². The first kappa shape index (κ1) is 23.6. The van der Waals surface area contributed by atoms with E-state index in [0.29, 0.717) is 12.2 Å². The zero-order valence-corrected chi connectivity index (χ0v) is 19.4. The van der Waals surface area contributed by atoms with Gasteiger partial charge in [-0.15, -0.1) is 0 Å². The van der Waals surface area contributed by atoms with Crippen molar-refractivity contribution in [3.8, 4) is 5.75 Å². The molecule has 1 aromatic rings. The van der Waals surface area contributed by atoms with Gasteiger partial charge in [0.05, 0.1) is 11.5 Å². The largest absolute Gasteiger partial charge is 0.482 e. The molecule has 172 valence electrons. The van der Waals surface area contributed by atoms with Crippen molar-refractivity contribution in [1.29, 1.82) is 0 Å². The normalized spacial score (nSPS) is 20.7. The highest BCUT2D eigenvalue weighted by molar-refractivity contribution is 7.91. The molecular formula is C23H33NO6S. The van der Waals surface area contributed by atoms with Crippen molar-refractivity contribution >= 4 is 21.7 Å². The number of carbonyl (C=O) groups is 2. The quantitative estimate of drug-likeness (QED) is 0.565. The van der Waals surface area contributed by atoms with Gasteiger partial charge in [-0.05, 0) is 49.3 Å². The van der Waals surface area contributed by atoms with Crippen LogP contribution in [-0.2, 0) is 24.2 Å². The predicted octanol–water partition coefficient (Wildman–Crippen LogP) is 3.00. The monoisotopic (exact) mass is 451 g/mol. The van der Waals surface area contributed by atoms with Crippen LogP contribution in [0, 0.1) is 6.92 Å². The second-order valence-corrected chi connectivity index (χ2v) is 11.2. The fourth-order valence-corrected chi connectivity index (χ4v) is 6.23. The maximum Gasteiger partial charge on any atom is 0.344 e. The summed E-state index contributed by atoms with van der Waals surface area (Å²) in [6.07, 6.45) is 4.23. The molecule has 1 aliphatic carbocycles. The summed E-state index contributed by atoms with van der Waals surface area (Å²) in [6, 6.07) is 5.58. The fraction of sp³-hybridized carbons (Fsp3) is 0.652. The number of benzene rings is 1. The van der Waals surface area contributed by atoms with Crippen LogP contribution >= 0.6 is 0 Å². The molecule has 3 rings (SSSR count). The summed E-state index contributed by atoms with van der Waals surface area (Å²) >= 11 is 0. The smallest absolute Gasteiger partial charge is 0.344 e. The number of hydrogen-bond acceptors (Lipinski definition) is 6. The molecule has 1 aliphatic heterocycles. The molecule has 0 spiro atoms. The molecule has 1 atom stereocenters. The van der Waals surface area contributed by atoms with Crippen molar-refractivity contribution in [2.75, 3.05) is 24.7 Å². The summed E-state index contributed by atoms with van der Waals surface area (Å²) < 4.78 is 34.7. The number of esters is 1. The van der Waals surface area contributed by atoms with Gasteiger partial charge in [0.25, 0.3) is 5.91 Å². The Labute approximate surface area is 185 Å². The first-order valence-corrected chi connectivity index (χ1v) is 12.9. The van der Waals surface area contributed by atoms with Crippen LogP contribution in [0.1, 0.15) is 63.0 Å². The summed E-state index contributed by atoms with van der Waals surface area (Å²) in [4.78, 5) is 26.8. The summed E-state index contributed by atoms with van der Waals surface area (Å²) in [7, 11) is -3.11. The second kappa shape index (κ2) is 10.0. The lowest BCUT2D eigenvalue weighted by Gasteiger charge is -2.33. The minimum absolute atomic E-state index is 0.00235. The molecule has 8 heteroatoms. The first-order chi connectivity index (χ1) is 14.7. The van der Waals surface area contributed by atoms with E-state index in [0.717, 1.165) is 36.8 Å². The Morgan fingerprint density at radius 1 is 1.10 bits per heavy atom. The molecule has 2 aliphatic rings. The Bertz CT molecular complexity index is 905. The van der Waals surface area contributed by atoms with Gasteiger partial charge in [-0.2, -0.15) is 0 Å². The van der Waals surface area contributed by atoms with E-state index < -0.39 is 15.8 Å². The topological polar surface area (TPSA) is 90.0 Å². The zero-order chi connectivity index (χ0) is 22.6. The van der Waals surface area contributed by atoms with E-state index in [4.69, 9.17) is 9.47 Å². The van der Waals surface area contributed by atoms with Gasteiger partial charge in [-0.1, -0.05) is 38.8 Å². The Balaban J connectivity index is 1.57. The molecule has 0 radical (unpaired) electrons. The minimum atomic E-state index is -3.11. The van der Waals surface area contributed by atoms with E-state index in [9.17, 15) is 18.0 Å². The molecule has 1 heterocycles. The molecule has 1 unspecified atom stereocenters. The average Bonchev–Trinajstić information content (AvgIpc) is 3.34. The third-order valence-electron chi connectivity index (χ3n) is 6.10. The van der Waals surface area contributed by atoms with E-state index in [1.807, 2.05) is 25.1 Å². The van der Waals surface area contributed by atoms with Gasteiger partial charge in [0, 0.05) is 12.1 Å². The number of nitrogens with zero attached hydrogens (tertiary/aromatic N) is 1. The zero-order valence-electron chi connectivity index (χ0n) is 18.6. The van der Waals surface area contributed by atoms with E-state index in [1.54, 1.807) is 4.90 Å². The lowest BCUT2D eigenvalue weighted by molar-refractivity contribution is -0.155. The van der Waals surface area contributed by atoms with Crippen LogP contribution in [-0.4, -0.2) is 62.0 Å². The predicted molar refractivity (Wildman–Crippen MR) is 118 cm³/mol. The van der Waals surface area contributed by atoms with Crippen LogP contribution in [0.3, 0.4) is 0 Å². The number of carbonyl (C=O) groups excluding carboxylic acids is 2. The molecule has 31 heavy (non-hydrogen) atoms. The third kappa shape index (κ3) is 6.21. The van der Waals surface area contributed by atoms with Crippen LogP contribution < -0.4 is 4.74 Å². The third-order valence-corrected chi connectivity index (χ3v) is 7.85. The van der Waals surface area contributed by atoms with Crippen molar-refractivity contribution in [3.63, 3.8) is 0 Å². The maximum absolute atomic E-state index is 12.9. The lowest BCUT2D eigenvalue weighted by atomic mass is 10.0. The summed E-state index contributed by atoms with van der Waals surface area (Å²) in [6.45, 7) is 5.39. The molecule has 1 saturated carbocycles. The van der Waals surface area contributed by atoms with E-state index in [1.165, 1.54) is 0 Å². The van der Waals surface area contributed by atoms with Crippen LogP contribution in [0.4, 0.5) is 0 Å². The van der Waals surface area contributed by atoms with Crippen molar-refractivity contribution < 1.29 is 27.5 Å². The van der Waals surface area contributed by atoms with Crippen LogP contribution in [0.25, 0.3) is 0 Å². The molecule has 1 saturated heterocycles. The standard InChI is InChI=1S/C23H33NO6S/c1-16(2)20-9-8-17(3)12-21(20)29-14-23(26)30-13-22(25)24(18-6-4-5-7-18)19-10-11-31(27,28)15-19/h8-9,12,16,18-19H,4-7,10-11,13-15H2,1-3H3. The van der Waals surface area contributed by atoms with Gasteiger partial charge < -0.3 is 14.4 Å². The number of amides is 1. The SMILES string of the molecule is Cc1ccc(C(C)C)c(OCC(=O)OCC(=O)N(C2CCCC2)C2CCS(=O)(=O)C2)c1. The Morgan fingerprint density at radius 3 is 2.42 bits per heavy atom. The highest BCUT2D eigenvalue weighted by Crippen LogP contribution is 2.30. The summed E-state index contributed by atoms with van der Waals surface area (Å²) in [5, 5.41) is 0. The van der Waals surface area contributed by atoms with Gasteiger partial charge in [-0.25, -0.2) is 13.2 Å².